The van der Waals surface area contributed by atoms with Crippen LogP contribution >= 0.6 is 0 Å². The lowest BCUT2D eigenvalue weighted by atomic mass is 10.1. The van der Waals surface area contributed by atoms with Gasteiger partial charge in [-0.2, -0.15) is 18.3 Å². The molecule has 0 fully saturated rings. The Morgan fingerprint density at radius 2 is 1.88 bits per heavy atom. The molecule has 33 heavy (non-hydrogen) atoms. The van der Waals surface area contributed by atoms with E-state index in [9.17, 15) is 18.3 Å². The van der Waals surface area contributed by atoms with Gasteiger partial charge in [-0.25, -0.2) is 9.97 Å². The molecule has 0 saturated carbocycles. The van der Waals surface area contributed by atoms with Crippen molar-refractivity contribution in [3.63, 3.8) is 0 Å². The number of aryl methyl sites for hydroxylation is 2. The van der Waals surface area contributed by atoms with E-state index in [1.54, 1.807) is 31.5 Å². The molecule has 174 valence electrons. The second-order valence-electron chi connectivity index (χ2n) is 7.46. The maximum absolute atomic E-state index is 12.9. The first-order valence-electron chi connectivity index (χ1n) is 10.1. The van der Waals surface area contributed by atoms with Crippen LogP contribution in [-0.2, 0) is 13.0 Å². The molecule has 4 aromatic rings. The molecule has 0 bridgehead atoms. The Bertz CT molecular complexity index is 1330. The third kappa shape index (κ3) is 4.18. The standard InChI is InChI=1S/C22H22F3N5O3/c1-5-14-8-18(28-30(14)11-22(23,24)25)29-10-16-19(21(29)31)12(2)6-15(27-16)13-7-17(32-3)20(33-4)26-9-13/h6-10,31H,5,11H2,1-4H3. The summed E-state index contributed by atoms with van der Waals surface area (Å²) in [5.41, 5.74) is 2.85. The summed E-state index contributed by atoms with van der Waals surface area (Å²) in [6.07, 6.45) is -0.900. The monoisotopic (exact) mass is 461 g/mol. The average molecular weight is 461 g/mol. The first kappa shape index (κ1) is 22.4. The van der Waals surface area contributed by atoms with Crippen LogP contribution in [0.15, 0.2) is 30.6 Å². The minimum Gasteiger partial charge on any atom is -0.494 e. The minimum absolute atomic E-state index is 0.147. The van der Waals surface area contributed by atoms with Gasteiger partial charge in [0.05, 0.1) is 30.8 Å². The summed E-state index contributed by atoms with van der Waals surface area (Å²) < 4.78 is 51.5. The van der Waals surface area contributed by atoms with Crippen LogP contribution in [0.1, 0.15) is 18.2 Å². The second kappa shape index (κ2) is 8.30. The van der Waals surface area contributed by atoms with Gasteiger partial charge in [-0.1, -0.05) is 6.92 Å². The van der Waals surface area contributed by atoms with E-state index in [0.29, 0.717) is 45.9 Å². The van der Waals surface area contributed by atoms with Crippen LogP contribution in [0.2, 0.25) is 0 Å². The quantitative estimate of drug-likeness (QED) is 0.457. The highest BCUT2D eigenvalue weighted by Gasteiger charge is 2.30. The van der Waals surface area contributed by atoms with Crippen LogP contribution in [0.25, 0.3) is 28.0 Å². The topological polar surface area (TPSA) is 87.2 Å². The van der Waals surface area contributed by atoms with Gasteiger partial charge in [0.2, 0.25) is 5.88 Å². The van der Waals surface area contributed by atoms with E-state index < -0.39 is 12.7 Å². The van der Waals surface area contributed by atoms with Crippen LogP contribution < -0.4 is 9.47 Å². The molecule has 1 N–H and O–H groups in total. The maximum Gasteiger partial charge on any atom is 0.408 e. The Labute approximate surface area is 187 Å². The summed E-state index contributed by atoms with van der Waals surface area (Å²) in [6.45, 7) is 2.35. The second-order valence-corrected chi connectivity index (χ2v) is 7.46. The Hall–Kier alpha value is -3.76. The van der Waals surface area contributed by atoms with Gasteiger partial charge in [0, 0.05) is 29.7 Å². The molecule has 0 unspecified atom stereocenters. The van der Waals surface area contributed by atoms with E-state index in [1.807, 2.05) is 6.92 Å². The normalized spacial score (nSPS) is 11.8. The largest absolute Gasteiger partial charge is 0.494 e. The number of aromatic nitrogens is 5. The van der Waals surface area contributed by atoms with E-state index in [2.05, 4.69) is 15.1 Å². The smallest absolute Gasteiger partial charge is 0.408 e. The van der Waals surface area contributed by atoms with Crippen LogP contribution in [0.3, 0.4) is 0 Å². The van der Waals surface area contributed by atoms with Crippen LogP contribution in [0.5, 0.6) is 17.5 Å². The minimum atomic E-state index is -4.41. The molecule has 4 aromatic heterocycles. The van der Waals surface area contributed by atoms with Crippen LogP contribution in [-0.4, -0.2) is 49.8 Å². The van der Waals surface area contributed by atoms with Crippen molar-refractivity contribution in [3.05, 3.63) is 41.9 Å². The fourth-order valence-electron chi connectivity index (χ4n) is 3.73. The number of rotatable bonds is 6. The van der Waals surface area contributed by atoms with Gasteiger partial charge in [0.15, 0.2) is 11.6 Å². The molecular formula is C22H22F3N5O3. The number of hydrogen-bond donors (Lipinski definition) is 1. The number of pyridine rings is 2. The summed E-state index contributed by atoms with van der Waals surface area (Å²) >= 11 is 0. The van der Waals surface area contributed by atoms with E-state index in [4.69, 9.17) is 9.47 Å². The van der Waals surface area contributed by atoms with Crippen molar-refractivity contribution < 1.29 is 27.8 Å². The lowest BCUT2D eigenvalue weighted by molar-refractivity contribution is -0.143. The summed E-state index contributed by atoms with van der Waals surface area (Å²) in [7, 11) is 3.00. The molecule has 4 heterocycles. The van der Waals surface area contributed by atoms with Gasteiger partial charge in [-0.3, -0.25) is 9.25 Å². The van der Waals surface area contributed by atoms with E-state index >= 15 is 0 Å². The number of ether oxygens (including phenoxy) is 2. The molecule has 0 aliphatic carbocycles. The van der Waals surface area contributed by atoms with Gasteiger partial charge < -0.3 is 14.6 Å². The van der Waals surface area contributed by atoms with Crippen molar-refractivity contribution in [1.82, 2.24) is 24.3 Å². The summed E-state index contributed by atoms with van der Waals surface area (Å²) in [5, 5.41) is 15.4. The zero-order chi connectivity index (χ0) is 23.9. The van der Waals surface area contributed by atoms with Gasteiger partial charge in [-0.15, -0.1) is 0 Å². The van der Waals surface area contributed by atoms with Gasteiger partial charge >= 0.3 is 6.18 Å². The molecule has 0 aliphatic rings. The predicted molar refractivity (Wildman–Crippen MR) is 115 cm³/mol. The third-order valence-corrected chi connectivity index (χ3v) is 5.26. The number of aromatic hydroxyl groups is 1. The molecule has 0 atom stereocenters. The molecule has 8 nitrogen and oxygen atoms in total. The highest BCUT2D eigenvalue weighted by Crippen LogP contribution is 2.35. The van der Waals surface area contributed by atoms with Crippen LogP contribution in [0, 0.1) is 6.92 Å². The number of halogens is 3. The third-order valence-electron chi connectivity index (χ3n) is 5.26. The van der Waals surface area contributed by atoms with Crippen molar-refractivity contribution >= 4 is 10.9 Å². The van der Waals surface area contributed by atoms with Crippen molar-refractivity contribution in [2.24, 2.45) is 0 Å². The molecule has 11 heteroatoms. The molecule has 4 rings (SSSR count). The first-order valence-corrected chi connectivity index (χ1v) is 10.1. The molecular weight excluding hydrogens is 439 g/mol. The number of fused-ring (bicyclic) bond motifs is 1. The Balaban J connectivity index is 1.81. The first-order chi connectivity index (χ1) is 15.6. The Morgan fingerprint density at radius 3 is 2.52 bits per heavy atom. The number of alkyl halides is 3. The highest BCUT2D eigenvalue weighted by atomic mass is 19.4. The van der Waals surface area contributed by atoms with Crippen LogP contribution in [0.4, 0.5) is 13.2 Å². The SMILES string of the molecule is CCc1cc(-n2cc3nc(-c4cnc(OC)c(OC)c4)cc(C)c3c2O)nn1CC(F)(F)F. The van der Waals surface area contributed by atoms with E-state index in [-0.39, 0.29) is 11.7 Å². The maximum atomic E-state index is 12.9. The lowest BCUT2D eigenvalue weighted by Gasteiger charge is -2.09. The predicted octanol–water partition coefficient (Wildman–Crippen LogP) is 4.44. The summed E-state index contributed by atoms with van der Waals surface area (Å²) in [6, 6.07) is 5.05. The van der Waals surface area contributed by atoms with Crippen molar-refractivity contribution in [3.8, 4) is 34.6 Å². The van der Waals surface area contributed by atoms with E-state index in [0.717, 1.165) is 10.2 Å². The number of methoxy groups -OCH3 is 2. The lowest BCUT2D eigenvalue weighted by Crippen LogP contribution is -2.20. The molecule has 0 aliphatic heterocycles. The van der Waals surface area contributed by atoms with Gasteiger partial charge in [0.1, 0.15) is 6.54 Å². The van der Waals surface area contributed by atoms with Crippen molar-refractivity contribution in [1.29, 1.82) is 0 Å². The zero-order valence-electron chi connectivity index (χ0n) is 18.4. The average Bonchev–Trinajstić information content (AvgIpc) is 3.32. The molecule has 0 spiro atoms. The van der Waals surface area contributed by atoms with Gasteiger partial charge in [0.25, 0.3) is 5.88 Å². The molecule has 0 aromatic carbocycles. The number of hydrogen-bond acceptors (Lipinski definition) is 6. The fourth-order valence-corrected chi connectivity index (χ4v) is 3.73. The highest BCUT2D eigenvalue weighted by molar-refractivity contribution is 5.90. The summed E-state index contributed by atoms with van der Waals surface area (Å²) in [4.78, 5) is 8.85. The van der Waals surface area contributed by atoms with E-state index in [1.165, 1.54) is 24.9 Å². The molecule has 0 radical (unpaired) electrons. The number of nitrogens with zero attached hydrogens (tertiary/aromatic N) is 5. The van der Waals surface area contributed by atoms with Crippen molar-refractivity contribution in [2.75, 3.05) is 14.2 Å². The molecule has 0 amide bonds. The van der Waals surface area contributed by atoms with Crippen molar-refractivity contribution in [2.45, 2.75) is 33.0 Å². The Morgan fingerprint density at radius 1 is 1.12 bits per heavy atom. The summed E-state index contributed by atoms with van der Waals surface area (Å²) in [5.74, 6) is 0.813. The van der Waals surface area contributed by atoms with Gasteiger partial charge in [-0.05, 0) is 31.0 Å². The zero-order valence-corrected chi connectivity index (χ0v) is 18.4. The fraction of sp³-hybridized carbons (Fsp3) is 0.318. The molecule has 0 saturated heterocycles. The Kier molecular flexibility index (Phi) is 5.64.